The second-order valence-electron chi connectivity index (χ2n) is 3.54. The van der Waals surface area contributed by atoms with Gasteiger partial charge in [0.25, 0.3) is 0 Å². The average Bonchev–Trinajstić information content (AvgIpc) is 2.30. The molecule has 0 aromatic rings. The summed E-state index contributed by atoms with van der Waals surface area (Å²) in [5.74, 6) is 0.573. The third-order valence-corrected chi connectivity index (χ3v) is 3.42. The molecule has 100 valence electrons. The van der Waals surface area contributed by atoms with Crippen molar-refractivity contribution in [3.05, 3.63) is 0 Å². The molecule has 0 aliphatic carbocycles. The van der Waals surface area contributed by atoms with Crippen LogP contribution >= 0.6 is 23.5 Å². The molecule has 0 saturated heterocycles. The minimum Gasteiger partial charge on any atom is -0.480 e. The van der Waals surface area contributed by atoms with Gasteiger partial charge in [-0.1, -0.05) is 0 Å². The Hall–Kier alpha value is -0.560. The topological polar surface area (TPSA) is 69.6 Å². The lowest BCUT2D eigenvalue weighted by Gasteiger charge is -2.20. The smallest absolute Gasteiger partial charge is 0.326 e. The van der Waals surface area contributed by atoms with Crippen LogP contribution in [-0.4, -0.2) is 65.7 Å². The SMILES string of the molecule is CSCC[C@@H](NC(=O)N(C)CCSC)C(=O)O. The number of rotatable bonds is 8. The Morgan fingerprint density at radius 1 is 1.29 bits per heavy atom. The molecule has 0 rings (SSSR count). The molecule has 17 heavy (non-hydrogen) atoms. The monoisotopic (exact) mass is 280 g/mol. The number of thioether (sulfide) groups is 2. The number of carboxylic acid groups (broad SMARTS) is 1. The fraction of sp³-hybridized carbons (Fsp3) is 0.800. The van der Waals surface area contributed by atoms with E-state index in [1.807, 2.05) is 12.5 Å². The summed E-state index contributed by atoms with van der Waals surface area (Å²) in [6, 6.07) is -1.13. The summed E-state index contributed by atoms with van der Waals surface area (Å²) in [6.45, 7) is 0.613. The van der Waals surface area contributed by atoms with Gasteiger partial charge < -0.3 is 15.3 Å². The normalized spacial score (nSPS) is 11.9. The lowest BCUT2D eigenvalue weighted by atomic mass is 10.2. The molecular weight excluding hydrogens is 260 g/mol. The Bertz CT molecular complexity index is 252. The van der Waals surface area contributed by atoms with Gasteiger partial charge in [0.1, 0.15) is 6.04 Å². The molecule has 2 N–H and O–H groups in total. The number of hydrogen-bond acceptors (Lipinski definition) is 4. The molecule has 0 fully saturated rings. The number of carbonyl (C=O) groups is 2. The Morgan fingerprint density at radius 2 is 1.88 bits per heavy atom. The number of hydrogen-bond donors (Lipinski definition) is 2. The second kappa shape index (κ2) is 9.47. The molecule has 0 spiro atoms. The van der Waals surface area contributed by atoms with Crippen LogP contribution in [0.3, 0.4) is 0 Å². The molecule has 5 nitrogen and oxygen atoms in total. The van der Waals surface area contributed by atoms with Crippen LogP contribution in [0.5, 0.6) is 0 Å². The van der Waals surface area contributed by atoms with Crippen LogP contribution in [-0.2, 0) is 4.79 Å². The highest BCUT2D eigenvalue weighted by Crippen LogP contribution is 2.02. The number of amides is 2. The second-order valence-corrected chi connectivity index (χ2v) is 5.51. The van der Waals surface area contributed by atoms with E-state index >= 15 is 0 Å². The van der Waals surface area contributed by atoms with Crippen molar-refractivity contribution >= 4 is 35.5 Å². The van der Waals surface area contributed by atoms with Crippen LogP contribution < -0.4 is 5.32 Å². The summed E-state index contributed by atoms with van der Waals surface area (Å²) in [7, 11) is 1.67. The minimum atomic E-state index is -0.981. The van der Waals surface area contributed by atoms with Crippen molar-refractivity contribution in [1.82, 2.24) is 10.2 Å². The predicted molar refractivity (Wildman–Crippen MR) is 74.0 cm³/mol. The van der Waals surface area contributed by atoms with Crippen LogP contribution in [0.15, 0.2) is 0 Å². The van der Waals surface area contributed by atoms with E-state index in [9.17, 15) is 9.59 Å². The summed E-state index contributed by atoms with van der Waals surface area (Å²) in [4.78, 5) is 24.1. The molecule has 0 aliphatic rings. The van der Waals surface area contributed by atoms with Crippen molar-refractivity contribution in [2.75, 3.05) is 37.6 Å². The molecule has 0 aromatic carbocycles. The van der Waals surface area contributed by atoms with Gasteiger partial charge in [0, 0.05) is 19.3 Å². The number of nitrogens with zero attached hydrogens (tertiary/aromatic N) is 1. The van der Waals surface area contributed by atoms with Crippen molar-refractivity contribution in [3.63, 3.8) is 0 Å². The minimum absolute atomic E-state index is 0.326. The Kier molecular flexibility index (Phi) is 9.16. The van der Waals surface area contributed by atoms with Crippen molar-refractivity contribution < 1.29 is 14.7 Å². The summed E-state index contributed by atoms with van der Waals surface area (Å²) >= 11 is 3.21. The summed E-state index contributed by atoms with van der Waals surface area (Å²) < 4.78 is 0. The number of nitrogens with one attached hydrogen (secondary N) is 1. The van der Waals surface area contributed by atoms with Gasteiger partial charge >= 0.3 is 12.0 Å². The number of carbonyl (C=O) groups excluding carboxylic acids is 1. The molecule has 0 bridgehead atoms. The lowest BCUT2D eigenvalue weighted by Crippen LogP contribution is -2.47. The highest BCUT2D eigenvalue weighted by Gasteiger charge is 2.20. The molecule has 0 heterocycles. The maximum atomic E-state index is 11.7. The molecule has 0 saturated carbocycles. The van der Waals surface area contributed by atoms with Gasteiger partial charge in [0.05, 0.1) is 0 Å². The van der Waals surface area contributed by atoms with Gasteiger partial charge in [-0.3, -0.25) is 0 Å². The third-order valence-electron chi connectivity index (χ3n) is 2.18. The quantitative estimate of drug-likeness (QED) is 0.699. The van der Waals surface area contributed by atoms with E-state index in [1.54, 1.807) is 30.6 Å². The van der Waals surface area contributed by atoms with Gasteiger partial charge in [0.2, 0.25) is 0 Å². The third kappa shape index (κ3) is 7.38. The van der Waals surface area contributed by atoms with E-state index < -0.39 is 12.0 Å². The lowest BCUT2D eigenvalue weighted by molar-refractivity contribution is -0.139. The summed E-state index contributed by atoms with van der Waals surface area (Å²) in [5, 5.41) is 11.5. The first-order chi connectivity index (χ1) is 8.02. The van der Waals surface area contributed by atoms with Crippen molar-refractivity contribution in [3.8, 4) is 0 Å². The number of aliphatic carboxylic acids is 1. The van der Waals surface area contributed by atoms with Crippen LogP contribution in [0.2, 0.25) is 0 Å². The van der Waals surface area contributed by atoms with Crippen molar-refractivity contribution in [2.24, 2.45) is 0 Å². The van der Waals surface area contributed by atoms with Crippen LogP contribution in [0.4, 0.5) is 4.79 Å². The highest BCUT2D eigenvalue weighted by atomic mass is 32.2. The van der Waals surface area contributed by atoms with Crippen molar-refractivity contribution in [1.29, 1.82) is 0 Å². The molecule has 2 amide bonds. The zero-order valence-electron chi connectivity index (χ0n) is 10.4. The Labute approximate surface area is 111 Å². The largest absolute Gasteiger partial charge is 0.480 e. The summed E-state index contributed by atoms with van der Waals surface area (Å²) in [5.41, 5.74) is 0. The zero-order chi connectivity index (χ0) is 13.3. The standard InChI is InChI=1S/C10H20N2O3S2/c1-12(5-7-17-3)10(15)11-8(9(13)14)4-6-16-2/h8H,4-7H2,1-3H3,(H,11,15)(H,13,14)/t8-/m1/s1. The van der Waals surface area contributed by atoms with Gasteiger partial charge in [-0.15, -0.1) is 0 Å². The zero-order valence-corrected chi connectivity index (χ0v) is 12.1. The van der Waals surface area contributed by atoms with E-state index in [1.165, 1.54) is 4.90 Å². The Morgan fingerprint density at radius 3 is 2.35 bits per heavy atom. The molecule has 0 unspecified atom stereocenters. The number of urea groups is 1. The first kappa shape index (κ1) is 16.4. The average molecular weight is 280 g/mol. The van der Waals surface area contributed by atoms with E-state index in [4.69, 9.17) is 5.11 Å². The first-order valence-corrected chi connectivity index (χ1v) is 8.04. The van der Waals surface area contributed by atoms with Gasteiger partial charge in [-0.25, -0.2) is 9.59 Å². The molecular formula is C10H20N2O3S2. The van der Waals surface area contributed by atoms with E-state index in [2.05, 4.69) is 5.32 Å². The molecule has 0 radical (unpaired) electrons. The molecule has 0 aromatic heterocycles. The van der Waals surface area contributed by atoms with E-state index in [0.717, 1.165) is 5.75 Å². The van der Waals surface area contributed by atoms with Crippen LogP contribution in [0.1, 0.15) is 6.42 Å². The molecule has 1 atom stereocenters. The fourth-order valence-corrected chi connectivity index (χ4v) is 2.01. The van der Waals surface area contributed by atoms with Gasteiger partial charge in [0.15, 0.2) is 0 Å². The maximum absolute atomic E-state index is 11.7. The van der Waals surface area contributed by atoms with Gasteiger partial charge in [-0.2, -0.15) is 23.5 Å². The molecule has 7 heteroatoms. The fourth-order valence-electron chi connectivity index (χ4n) is 1.08. The van der Waals surface area contributed by atoms with Crippen molar-refractivity contribution in [2.45, 2.75) is 12.5 Å². The van der Waals surface area contributed by atoms with E-state index in [0.29, 0.717) is 18.7 Å². The van der Waals surface area contributed by atoms with Gasteiger partial charge in [-0.05, 0) is 24.7 Å². The van der Waals surface area contributed by atoms with Crippen LogP contribution in [0.25, 0.3) is 0 Å². The first-order valence-electron chi connectivity index (χ1n) is 5.25. The predicted octanol–water partition coefficient (Wildman–Crippen LogP) is 1.20. The maximum Gasteiger partial charge on any atom is 0.326 e. The van der Waals surface area contributed by atoms with Crippen LogP contribution in [0, 0.1) is 0 Å². The Balaban J connectivity index is 4.15. The number of carboxylic acids is 1. The van der Waals surface area contributed by atoms with E-state index in [-0.39, 0.29) is 6.03 Å². The molecule has 0 aliphatic heterocycles. The summed E-state index contributed by atoms with van der Waals surface area (Å²) in [6.07, 6.45) is 4.31. The highest BCUT2D eigenvalue weighted by molar-refractivity contribution is 7.98.